The Balaban J connectivity index is 1.41. The third-order valence-electron chi connectivity index (χ3n) is 4.10. The maximum atomic E-state index is 5.78. The molecule has 112 valence electrons. The van der Waals surface area contributed by atoms with E-state index in [0.29, 0.717) is 6.10 Å². The summed E-state index contributed by atoms with van der Waals surface area (Å²) in [5.74, 6) is 1.05. The van der Waals surface area contributed by atoms with E-state index in [9.17, 15) is 0 Å². The fourth-order valence-electron chi connectivity index (χ4n) is 2.78. The number of rotatable bonds is 7. The molecule has 2 aliphatic rings. The lowest BCUT2D eigenvalue weighted by Gasteiger charge is -2.26. The molecular formula is C16H26N2O2. The lowest BCUT2D eigenvalue weighted by atomic mass is 10.1. The van der Waals surface area contributed by atoms with Gasteiger partial charge in [0.15, 0.2) is 0 Å². The normalized spacial score (nSPS) is 23.4. The largest absolute Gasteiger partial charge is 0.468 e. The summed E-state index contributed by atoms with van der Waals surface area (Å²) in [6.07, 6.45) is 8.66. The molecule has 0 bridgehead atoms. The molecule has 3 rings (SSSR count). The first kappa shape index (κ1) is 14.1. The Morgan fingerprint density at radius 3 is 2.95 bits per heavy atom. The Labute approximate surface area is 121 Å². The molecule has 1 unspecified atom stereocenters. The van der Waals surface area contributed by atoms with E-state index in [1.54, 1.807) is 0 Å². The molecule has 1 aliphatic carbocycles. The van der Waals surface area contributed by atoms with Crippen LogP contribution < -0.4 is 5.32 Å². The summed E-state index contributed by atoms with van der Waals surface area (Å²) in [4.78, 5) is 2.30. The van der Waals surface area contributed by atoms with Crippen LogP contribution in [-0.4, -0.2) is 37.2 Å². The second-order valence-electron chi connectivity index (χ2n) is 6.26. The standard InChI is InChI=1S/C16H26N2O2/c1-18(10-15-4-2-3-7-19-15)11-16-8-13(12-20-16)9-17-14-5-6-14/h8,12,14-15,17H,2-7,9-11H2,1H3. The van der Waals surface area contributed by atoms with Crippen LogP contribution in [0.15, 0.2) is 16.7 Å². The van der Waals surface area contributed by atoms with Gasteiger partial charge in [0.25, 0.3) is 0 Å². The van der Waals surface area contributed by atoms with E-state index in [0.717, 1.165) is 38.0 Å². The van der Waals surface area contributed by atoms with Crippen LogP contribution in [0.1, 0.15) is 43.4 Å². The molecule has 1 aromatic heterocycles. The highest BCUT2D eigenvalue weighted by Crippen LogP contribution is 2.20. The molecule has 0 aromatic carbocycles. The lowest BCUT2D eigenvalue weighted by molar-refractivity contribution is -0.00338. The van der Waals surface area contributed by atoms with E-state index in [1.807, 2.05) is 6.26 Å². The van der Waals surface area contributed by atoms with Gasteiger partial charge in [-0.3, -0.25) is 4.90 Å². The summed E-state index contributed by atoms with van der Waals surface area (Å²) in [6.45, 7) is 3.72. The zero-order valence-corrected chi connectivity index (χ0v) is 12.4. The second kappa shape index (κ2) is 6.74. The van der Waals surface area contributed by atoms with E-state index in [-0.39, 0.29) is 0 Å². The van der Waals surface area contributed by atoms with Gasteiger partial charge in [0.1, 0.15) is 5.76 Å². The van der Waals surface area contributed by atoms with Crippen LogP contribution in [0.2, 0.25) is 0 Å². The fraction of sp³-hybridized carbons (Fsp3) is 0.750. The molecule has 1 N–H and O–H groups in total. The predicted octanol–water partition coefficient (Wildman–Crippen LogP) is 2.53. The fourth-order valence-corrected chi connectivity index (χ4v) is 2.78. The van der Waals surface area contributed by atoms with Crippen LogP contribution >= 0.6 is 0 Å². The van der Waals surface area contributed by atoms with Crippen LogP contribution in [0.4, 0.5) is 0 Å². The van der Waals surface area contributed by atoms with Crippen molar-refractivity contribution in [3.8, 4) is 0 Å². The van der Waals surface area contributed by atoms with E-state index < -0.39 is 0 Å². The van der Waals surface area contributed by atoms with Gasteiger partial charge in [0.05, 0.1) is 18.9 Å². The van der Waals surface area contributed by atoms with Crippen LogP contribution in [0.3, 0.4) is 0 Å². The topological polar surface area (TPSA) is 37.6 Å². The van der Waals surface area contributed by atoms with Crippen molar-refractivity contribution in [3.63, 3.8) is 0 Å². The number of nitrogens with one attached hydrogen (secondary N) is 1. The summed E-state index contributed by atoms with van der Waals surface area (Å²) in [7, 11) is 2.14. The minimum atomic E-state index is 0.403. The summed E-state index contributed by atoms with van der Waals surface area (Å²) in [5.41, 5.74) is 1.26. The smallest absolute Gasteiger partial charge is 0.118 e. The van der Waals surface area contributed by atoms with Crippen molar-refractivity contribution >= 4 is 0 Å². The average molecular weight is 278 g/mol. The zero-order valence-electron chi connectivity index (χ0n) is 12.4. The first-order valence-electron chi connectivity index (χ1n) is 7.89. The first-order chi connectivity index (χ1) is 9.79. The van der Waals surface area contributed by atoms with Crippen molar-refractivity contribution in [1.29, 1.82) is 0 Å². The monoisotopic (exact) mass is 278 g/mol. The molecule has 0 radical (unpaired) electrons. The summed E-state index contributed by atoms with van der Waals surface area (Å²) >= 11 is 0. The van der Waals surface area contributed by atoms with Gasteiger partial charge < -0.3 is 14.5 Å². The molecule has 1 atom stereocenters. The Morgan fingerprint density at radius 2 is 2.20 bits per heavy atom. The van der Waals surface area contributed by atoms with E-state index >= 15 is 0 Å². The minimum absolute atomic E-state index is 0.403. The highest BCUT2D eigenvalue weighted by Gasteiger charge is 2.20. The Hall–Kier alpha value is -0.840. The first-order valence-corrected chi connectivity index (χ1v) is 7.89. The molecule has 2 fully saturated rings. The maximum absolute atomic E-state index is 5.78. The van der Waals surface area contributed by atoms with Crippen LogP contribution in [0.25, 0.3) is 0 Å². The van der Waals surface area contributed by atoms with Crippen LogP contribution in [0.5, 0.6) is 0 Å². The summed E-state index contributed by atoms with van der Waals surface area (Å²) in [5, 5.41) is 3.51. The van der Waals surface area contributed by atoms with Crippen LogP contribution in [0, 0.1) is 0 Å². The van der Waals surface area contributed by atoms with Gasteiger partial charge in [0, 0.05) is 31.3 Å². The Bertz CT molecular complexity index is 408. The highest BCUT2D eigenvalue weighted by molar-refractivity contribution is 5.13. The molecule has 1 saturated heterocycles. The van der Waals surface area contributed by atoms with Gasteiger partial charge in [-0.1, -0.05) is 0 Å². The van der Waals surface area contributed by atoms with E-state index in [2.05, 4.69) is 23.3 Å². The van der Waals surface area contributed by atoms with Crippen molar-refractivity contribution in [3.05, 3.63) is 23.7 Å². The SMILES string of the molecule is CN(Cc1cc(CNC2CC2)co1)CC1CCCCO1. The molecule has 1 saturated carbocycles. The summed E-state index contributed by atoms with van der Waals surface area (Å²) < 4.78 is 11.4. The third kappa shape index (κ3) is 4.33. The predicted molar refractivity (Wildman–Crippen MR) is 78.5 cm³/mol. The molecule has 0 amide bonds. The van der Waals surface area contributed by atoms with Gasteiger partial charge in [-0.2, -0.15) is 0 Å². The highest BCUT2D eigenvalue weighted by atomic mass is 16.5. The number of likely N-dealkylation sites (N-methyl/N-ethyl adjacent to an activating group) is 1. The number of ether oxygens (including phenoxy) is 1. The van der Waals surface area contributed by atoms with Crippen molar-refractivity contribution in [2.45, 2.75) is 57.3 Å². The zero-order chi connectivity index (χ0) is 13.8. The lowest BCUT2D eigenvalue weighted by Crippen LogP contribution is -2.32. The van der Waals surface area contributed by atoms with Gasteiger partial charge >= 0.3 is 0 Å². The molecule has 4 nitrogen and oxygen atoms in total. The summed E-state index contributed by atoms with van der Waals surface area (Å²) in [6, 6.07) is 2.92. The molecule has 4 heteroatoms. The van der Waals surface area contributed by atoms with Crippen molar-refractivity contribution in [1.82, 2.24) is 10.2 Å². The average Bonchev–Trinajstić information content (AvgIpc) is 3.18. The van der Waals surface area contributed by atoms with Gasteiger partial charge in [-0.15, -0.1) is 0 Å². The van der Waals surface area contributed by atoms with Crippen molar-refractivity contribution in [2.75, 3.05) is 20.2 Å². The van der Waals surface area contributed by atoms with Gasteiger partial charge in [0.2, 0.25) is 0 Å². The van der Waals surface area contributed by atoms with Crippen molar-refractivity contribution < 1.29 is 9.15 Å². The molecule has 1 aliphatic heterocycles. The maximum Gasteiger partial charge on any atom is 0.118 e. The Morgan fingerprint density at radius 1 is 1.30 bits per heavy atom. The third-order valence-corrected chi connectivity index (χ3v) is 4.10. The number of hydrogen-bond acceptors (Lipinski definition) is 4. The number of nitrogens with zero attached hydrogens (tertiary/aromatic N) is 1. The van der Waals surface area contributed by atoms with E-state index in [1.165, 1.54) is 37.7 Å². The van der Waals surface area contributed by atoms with Gasteiger partial charge in [-0.05, 0) is 45.2 Å². The molecular weight excluding hydrogens is 252 g/mol. The molecule has 20 heavy (non-hydrogen) atoms. The molecule has 1 aromatic rings. The quantitative estimate of drug-likeness (QED) is 0.831. The van der Waals surface area contributed by atoms with E-state index in [4.69, 9.17) is 9.15 Å². The molecule has 2 heterocycles. The minimum Gasteiger partial charge on any atom is -0.468 e. The number of hydrogen-bond donors (Lipinski definition) is 1. The molecule has 0 spiro atoms. The second-order valence-corrected chi connectivity index (χ2v) is 6.26. The van der Waals surface area contributed by atoms with Crippen molar-refractivity contribution in [2.24, 2.45) is 0 Å². The number of furan rings is 1. The van der Waals surface area contributed by atoms with Gasteiger partial charge in [-0.25, -0.2) is 0 Å². The Kier molecular flexibility index (Phi) is 4.76. The van der Waals surface area contributed by atoms with Crippen LogP contribution in [-0.2, 0) is 17.8 Å².